The zero-order valence-electron chi connectivity index (χ0n) is 12.2. The Morgan fingerprint density at radius 1 is 1.22 bits per heavy atom. The van der Waals surface area contributed by atoms with Crippen LogP contribution in [0.1, 0.15) is 35.1 Å². The summed E-state index contributed by atoms with van der Waals surface area (Å²) in [5.74, 6) is 0. The van der Waals surface area contributed by atoms with Crippen LogP contribution in [-0.2, 0) is 6.54 Å². The van der Waals surface area contributed by atoms with Crippen molar-refractivity contribution in [2.24, 2.45) is 0 Å². The van der Waals surface area contributed by atoms with Gasteiger partial charge in [0.05, 0.1) is 0 Å². The largest absolute Gasteiger partial charge is 0.315 e. The molecule has 2 nitrogen and oxygen atoms in total. The van der Waals surface area contributed by atoms with Crippen LogP contribution in [0.2, 0.25) is 0 Å². The Labute approximate surface area is 111 Å². The van der Waals surface area contributed by atoms with Gasteiger partial charge >= 0.3 is 0 Å². The van der Waals surface area contributed by atoms with Crippen molar-refractivity contribution in [2.45, 2.75) is 46.2 Å². The molecular formula is C16H26N2. The average molecular weight is 246 g/mol. The van der Waals surface area contributed by atoms with Crippen molar-refractivity contribution >= 4 is 0 Å². The molecule has 1 heterocycles. The number of benzene rings is 1. The molecule has 0 amide bonds. The first-order chi connectivity index (χ1) is 8.58. The minimum atomic E-state index is 0.693. The highest BCUT2D eigenvalue weighted by atomic mass is 15.2. The topological polar surface area (TPSA) is 15.3 Å². The van der Waals surface area contributed by atoms with Crippen LogP contribution in [0.4, 0.5) is 0 Å². The Hall–Kier alpha value is -0.860. The van der Waals surface area contributed by atoms with Gasteiger partial charge in [0.2, 0.25) is 0 Å². The van der Waals surface area contributed by atoms with Gasteiger partial charge in [-0.2, -0.15) is 0 Å². The van der Waals surface area contributed by atoms with Crippen molar-refractivity contribution in [1.82, 2.24) is 10.2 Å². The lowest BCUT2D eigenvalue weighted by Crippen LogP contribution is -2.43. The van der Waals surface area contributed by atoms with E-state index in [1.165, 1.54) is 41.6 Å². The van der Waals surface area contributed by atoms with Gasteiger partial charge in [-0.05, 0) is 63.9 Å². The van der Waals surface area contributed by atoms with E-state index in [1.807, 2.05) is 0 Å². The number of likely N-dealkylation sites (N-methyl/N-ethyl adjacent to an activating group) is 1. The minimum absolute atomic E-state index is 0.693. The highest BCUT2D eigenvalue weighted by Crippen LogP contribution is 2.20. The SMILES string of the molecule is Cc1cc(C)c(CN(C)C2CCCNC2)c(C)c1. The maximum Gasteiger partial charge on any atom is 0.0239 e. The summed E-state index contributed by atoms with van der Waals surface area (Å²) in [5.41, 5.74) is 5.75. The van der Waals surface area contributed by atoms with E-state index in [0.717, 1.165) is 13.1 Å². The van der Waals surface area contributed by atoms with Crippen LogP contribution in [0.25, 0.3) is 0 Å². The Morgan fingerprint density at radius 2 is 1.89 bits per heavy atom. The highest BCUT2D eigenvalue weighted by molar-refractivity contribution is 5.37. The van der Waals surface area contributed by atoms with Gasteiger partial charge < -0.3 is 5.32 Å². The van der Waals surface area contributed by atoms with E-state index in [2.05, 4.69) is 50.2 Å². The van der Waals surface area contributed by atoms with Crippen molar-refractivity contribution in [3.05, 3.63) is 34.4 Å². The number of piperidine rings is 1. The van der Waals surface area contributed by atoms with Crippen LogP contribution in [0.15, 0.2) is 12.1 Å². The molecule has 1 aliphatic rings. The molecule has 0 bridgehead atoms. The predicted molar refractivity (Wildman–Crippen MR) is 78.0 cm³/mol. The standard InChI is InChI=1S/C16H26N2/c1-12-8-13(2)16(14(3)9-12)11-18(4)15-6-5-7-17-10-15/h8-9,15,17H,5-7,10-11H2,1-4H3. The third kappa shape index (κ3) is 3.12. The normalized spacial score (nSPS) is 20.4. The third-order valence-electron chi connectivity index (χ3n) is 4.14. The molecule has 1 aromatic carbocycles. The van der Waals surface area contributed by atoms with Gasteiger partial charge in [-0.15, -0.1) is 0 Å². The molecule has 0 spiro atoms. The summed E-state index contributed by atoms with van der Waals surface area (Å²) in [6, 6.07) is 5.30. The number of rotatable bonds is 3. The van der Waals surface area contributed by atoms with Crippen LogP contribution in [0.3, 0.4) is 0 Å². The number of nitrogens with one attached hydrogen (secondary N) is 1. The van der Waals surface area contributed by atoms with Crippen LogP contribution >= 0.6 is 0 Å². The quantitative estimate of drug-likeness (QED) is 0.882. The maximum absolute atomic E-state index is 3.50. The number of hydrogen-bond donors (Lipinski definition) is 1. The molecule has 0 aromatic heterocycles. The molecule has 2 rings (SSSR count). The van der Waals surface area contributed by atoms with Crippen molar-refractivity contribution in [3.63, 3.8) is 0 Å². The molecule has 0 saturated carbocycles. The molecule has 1 atom stereocenters. The van der Waals surface area contributed by atoms with Crippen LogP contribution in [-0.4, -0.2) is 31.1 Å². The van der Waals surface area contributed by atoms with Gasteiger partial charge in [0.25, 0.3) is 0 Å². The second-order valence-electron chi connectivity index (χ2n) is 5.79. The number of aryl methyl sites for hydroxylation is 3. The monoisotopic (exact) mass is 246 g/mol. The average Bonchev–Trinajstić information content (AvgIpc) is 2.34. The summed E-state index contributed by atoms with van der Waals surface area (Å²) in [6.45, 7) is 10.1. The molecular weight excluding hydrogens is 220 g/mol. The molecule has 100 valence electrons. The first-order valence-electron chi connectivity index (χ1n) is 7.05. The fourth-order valence-corrected chi connectivity index (χ4v) is 3.05. The zero-order valence-corrected chi connectivity index (χ0v) is 12.2. The van der Waals surface area contributed by atoms with Gasteiger partial charge in [-0.3, -0.25) is 4.90 Å². The van der Waals surface area contributed by atoms with Gasteiger partial charge in [0.15, 0.2) is 0 Å². The summed E-state index contributed by atoms with van der Waals surface area (Å²) in [6.07, 6.45) is 2.63. The lowest BCUT2D eigenvalue weighted by Gasteiger charge is -2.32. The van der Waals surface area contributed by atoms with E-state index in [-0.39, 0.29) is 0 Å². The second-order valence-corrected chi connectivity index (χ2v) is 5.79. The Morgan fingerprint density at radius 3 is 2.44 bits per heavy atom. The first-order valence-corrected chi connectivity index (χ1v) is 7.05. The van der Waals surface area contributed by atoms with Gasteiger partial charge in [0.1, 0.15) is 0 Å². The number of nitrogens with zero attached hydrogens (tertiary/aromatic N) is 1. The van der Waals surface area contributed by atoms with Crippen LogP contribution < -0.4 is 5.32 Å². The summed E-state index contributed by atoms with van der Waals surface area (Å²) in [5, 5.41) is 3.50. The fraction of sp³-hybridized carbons (Fsp3) is 0.625. The molecule has 1 N–H and O–H groups in total. The zero-order chi connectivity index (χ0) is 13.1. The molecule has 1 aromatic rings. The maximum atomic E-state index is 3.50. The minimum Gasteiger partial charge on any atom is -0.315 e. The van der Waals surface area contributed by atoms with Crippen molar-refractivity contribution < 1.29 is 0 Å². The van der Waals surface area contributed by atoms with Crippen molar-refractivity contribution in [2.75, 3.05) is 20.1 Å². The highest BCUT2D eigenvalue weighted by Gasteiger charge is 2.18. The molecule has 1 saturated heterocycles. The summed E-state index contributed by atoms with van der Waals surface area (Å²) in [4.78, 5) is 2.51. The summed E-state index contributed by atoms with van der Waals surface area (Å²) in [7, 11) is 2.26. The summed E-state index contributed by atoms with van der Waals surface area (Å²) >= 11 is 0. The van der Waals surface area contributed by atoms with E-state index < -0.39 is 0 Å². The molecule has 1 aliphatic heterocycles. The van der Waals surface area contributed by atoms with E-state index in [1.54, 1.807) is 0 Å². The Balaban J connectivity index is 2.08. The van der Waals surface area contributed by atoms with Crippen LogP contribution in [0, 0.1) is 20.8 Å². The Bertz CT molecular complexity index is 383. The van der Waals surface area contributed by atoms with Crippen molar-refractivity contribution in [3.8, 4) is 0 Å². The first kappa shape index (κ1) is 13.6. The predicted octanol–water partition coefficient (Wildman–Crippen LogP) is 2.80. The lowest BCUT2D eigenvalue weighted by molar-refractivity contribution is 0.195. The molecule has 18 heavy (non-hydrogen) atoms. The smallest absolute Gasteiger partial charge is 0.0239 e. The van der Waals surface area contributed by atoms with Gasteiger partial charge in [0, 0.05) is 19.1 Å². The lowest BCUT2D eigenvalue weighted by atomic mass is 9.98. The molecule has 1 fully saturated rings. The van der Waals surface area contributed by atoms with Crippen LogP contribution in [0.5, 0.6) is 0 Å². The van der Waals surface area contributed by atoms with Crippen molar-refractivity contribution in [1.29, 1.82) is 0 Å². The molecule has 2 heteroatoms. The van der Waals surface area contributed by atoms with Gasteiger partial charge in [-0.1, -0.05) is 17.7 Å². The third-order valence-corrected chi connectivity index (χ3v) is 4.14. The number of hydrogen-bond acceptors (Lipinski definition) is 2. The molecule has 0 radical (unpaired) electrons. The summed E-state index contributed by atoms with van der Waals surface area (Å²) < 4.78 is 0. The van der Waals surface area contributed by atoms with E-state index in [4.69, 9.17) is 0 Å². The van der Waals surface area contributed by atoms with E-state index in [0.29, 0.717) is 6.04 Å². The second kappa shape index (κ2) is 5.85. The van der Waals surface area contributed by atoms with E-state index in [9.17, 15) is 0 Å². The van der Waals surface area contributed by atoms with Gasteiger partial charge in [-0.25, -0.2) is 0 Å². The Kier molecular flexibility index (Phi) is 4.41. The molecule has 0 aliphatic carbocycles. The molecule has 1 unspecified atom stereocenters. The van der Waals surface area contributed by atoms with E-state index >= 15 is 0 Å². The fourth-order valence-electron chi connectivity index (χ4n) is 3.05.